The second-order valence-corrected chi connectivity index (χ2v) is 5.78. The number of hydrogen-bond acceptors (Lipinski definition) is 3. The fourth-order valence-electron chi connectivity index (χ4n) is 2.70. The molecule has 1 unspecified atom stereocenters. The van der Waals surface area contributed by atoms with Crippen molar-refractivity contribution in [2.75, 3.05) is 0 Å². The predicted molar refractivity (Wildman–Crippen MR) is 80.8 cm³/mol. The van der Waals surface area contributed by atoms with Crippen LogP contribution in [0.5, 0.6) is 0 Å². The SMILES string of the molecule is NC1CCCCc2nc(Cc3cccc(Cl)c3)ncc21. The number of aryl methyl sites for hydroxylation is 1. The van der Waals surface area contributed by atoms with Crippen LogP contribution >= 0.6 is 11.6 Å². The minimum absolute atomic E-state index is 0.0905. The number of hydrogen-bond donors (Lipinski definition) is 1. The van der Waals surface area contributed by atoms with Gasteiger partial charge in [0.25, 0.3) is 0 Å². The van der Waals surface area contributed by atoms with Gasteiger partial charge < -0.3 is 5.73 Å². The van der Waals surface area contributed by atoms with E-state index in [1.807, 2.05) is 30.5 Å². The summed E-state index contributed by atoms with van der Waals surface area (Å²) in [6, 6.07) is 7.93. The van der Waals surface area contributed by atoms with Crippen LogP contribution in [0.1, 0.15) is 47.9 Å². The van der Waals surface area contributed by atoms with Gasteiger partial charge in [-0.1, -0.05) is 30.2 Å². The first kappa shape index (κ1) is 13.5. The number of nitrogens with two attached hydrogens (primary N) is 1. The molecule has 0 fully saturated rings. The molecule has 1 aliphatic carbocycles. The molecule has 20 heavy (non-hydrogen) atoms. The lowest BCUT2D eigenvalue weighted by atomic mass is 10.1. The van der Waals surface area contributed by atoms with Gasteiger partial charge in [-0.25, -0.2) is 9.97 Å². The van der Waals surface area contributed by atoms with Gasteiger partial charge >= 0.3 is 0 Å². The van der Waals surface area contributed by atoms with E-state index >= 15 is 0 Å². The van der Waals surface area contributed by atoms with E-state index in [1.54, 1.807) is 0 Å². The molecule has 4 heteroatoms. The van der Waals surface area contributed by atoms with Gasteiger partial charge in [-0.05, 0) is 37.0 Å². The van der Waals surface area contributed by atoms with Crippen LogP contribution in [-0.2, 0) is 12.8 Å². The number of halogens is 1. The minimum Gasteiger partial charge on any atom is -0.324 e. The number of fused-ring (bicyclic) bond motifs is 1. The Morgan fingerprint density at radius 1 is 1.30 bits per heavy atom. The standard InChI is InChI=1S/C16H18ClN3/c17-12-5-3-4-11(8-12)9-16-19-10-13-14(18)6-1-2-7-15(13)20-16/h3-5,8,10,14H,1-2,6-7,9,18H2. The van der Waals surface area contributed by atoms with Crippen LogP contribution in [0.25, 0.3) is 0 Å². The highest BCUT2D eigenvalue weighted by Crippen LogP contribution is 2.25. The third-order valence-corrected chi connectivity index (χ3v) is 4.01. The highest BCUT2D eigenvalue weighted by Gasteiger charge is 2.17. The first-order valence-corrected chi connectivity index (χ1v) is 7.45. The number of nitrogens with zero attached hydrogens (tertiary/aromatic N) is 2. The van der Waals surface area contributed by atoms with Gasteiger partial charge in [0.05, 0.1) is 0 Å². The van der Waals surface area contributed by atoms with Crippen molar-refractivity contribution in [3.8, 4) is 0 Å². The molecule has 0 saturated heterocycles. The van der Waals surface area contributed by atoms with Crippen molar-refractivity contribution in [2.45, 2.75) is 38.1 Å². The van der Waals surface area contributed by atoms with E-state index < -0.39 is 0 Å². The average Bonchev–Trinajstić information content (AvgIpc) is 2.61. The number of aromatic nitrogens is 2. The average molecular weight is 288 g/mol. The Hall–Kier alpha value is -1.45. The second-order valence-electron chi connectivity index (χ2n) is 5.35. The zero-order valence-electron chi connectivity index (χ0n) is 11.3. The summed E-state index contributed by atoms with van der Waals surface area (Å²) < 4.78 is 0. The Morgan fingerprint density at radius 3 is 3.05 bits per heavy atom. The molecule has 0 radical (unpaired) electrons. The number of rotatable bonds is 2. The molecule has 0 saturated carbocycles. The fraction of sp³-hybridized carbons (Fsp3) is 0.375. The zero-order valence-corrected chi connectivity index (χ0v) is 12.1. The molecular formula is C16H18ClN3. The van der Waals surface area contributed by atoms with Crippen molar-refractivity contribution in [3.63, 3.8) is 0 Å². The first-order valence-electron chi connectivity index (χ1n) is 7.07. The molecule has 3 nitrogen and oxygen atoms in total. The maximum absolute atomic E-state index is 6.17. The summed E-state index contributed by atoms with van der Waals surface area (Å²) in [7, 11) is 0. The lowest BCUT2D eigenvalue weighted by molar-refractivity contribution is 0.614. The van der Waals surface area contributed by atoms with Crippen LogP contribution in [0.2, 0.25) is 5.02 Å². The van der Waals surface area contributed by atoms with Crippen molar-refractivity contribution in [1.29, 1.82) is 0 Å². The fourth-order valence-corrected chi connectivity index (χ4v) is 2.92. The van der Waals surface area contributed by atoms with Gasteiger partial charge in [0.15, 0.2) is 0 Å². The van der Waals surface area contributed by atoms with Gasteiger partial charge in [-0.2, -0.15) is 0 Å². The second kappa shape index (κ2) is 5.90. The van der Waals surface area contributed by atoms with E-state index in [2.05, 4.69) is 4.98 Å². The molecule has 0 spiro atoms. The van der Waals surface area contributed by atoms with E-state index in [4.69, 9.17) is 22.3 Å². The van der Waals surface area contributed by atoms with Crippen LogP contribution in [0, 0.1) is 0 Å². The zero-order chi connectivity index (χ0) is 13.9. The van der Waals surface area contributed by atoms with Crippen LogP contribution in [0.15, 0.2) is 30.5 Å². The Labute approximate surface area is 124 Å². The Balaban J connectivity index is 1.86. The van der Waals surface area contributed by atoms with Crippen LogP contribution in [0.3, 0.4) is 0 Å². The molecule has 1 aliphatic rings. The van der Waals surface area contributed by atoms with Gasteiger partial charge in [-0.15, -0.1) is 0 Å². The van der Waals surface area contributed by atoms with E-state index in [-0.39, 0.29) is 6.04 Å². The maximum Gasteiger partial charge on any atom is 0.132 e. The monoisotopic (exact) mass is 287 g/mol. The Bertz CT molecular complexity index is 612. The Kier molecular flexibility index (Phi) is 3.99. The lowest BCUT2D eigenvalue weighted by Crippen LogP contribution is -2.13. The van der Waals surface area contributed by atoms with Gasteiger partial charge in [-0.3, -0.25) is 0 Å². The van der Waals surface area contributed by atoms with E-state index in [9.17, 15) is 0 Å². The molecule has 0 aliphatic heterocycles. The van der Waals surface area contributed by atoms with Crippen LogP contribution < -0.4 is 5.73 Å². The van der Waals surface area contributed by atoms with E-state index in [1.165, 1.54) is 6.42 Å². The van der Waals surface area contributed by atoms with Crippen LogP contribution in [0.4, 0.5) is 0 Å². The normalized spacial score (nSPS) is 18.4. The summed E-state index contributed by atoms with van der Waals surface area (Å²) in [4.78, 5) is 9.19. The van der Waals surface area contributed by atoms with Crippen molar-refractivity contribution >= 4 is 11.6 Å². The molecule has 1 aromatic carbocycles. The smallest absolute Gasteiger partial charge is 0.132 e. The Morgan fingerprint density at radius 2 is 2.20 bits per heavy atom. The van der Waals surface area contributed by atoms with E-state index in [0.29, 0.717) is 6.42 Å². The molecule has 1 heterocycles. The van der Waals surface area contributed by atoms with Crippen LogP contribution in [-0.4, -0.2) is 9.97 Å². The molecule has 1 atom stereocenters. The quantitative estimate of drug-likeness (QED) is 0.861. The van der Waals surface area contributed by atoms with Gasteiger partial charge in [0, 0.05) is 34.9 Å². The highest BCUT2D eigenvalue weighted by molar-refractivity contribution is 6.30. The highest BCUT2D eigenvalue weighted by atomic mass is 35.5. The topological polar surface area (TPSA) is 51.8 Å². The molecular weight excluding hydrogens is 270 g/mol. The van der Waals surface area contributed by atoms with Crippen molar-refractivity contribution in [3.05, 3.63) is 58.1 Å². The van der Waals surface area contributed by atoms with Gasteiger partial charge in [0.2, 0.25) is 0 Å². The van der Waals surface area contributed by atoms with Crippen molar-refractivity contribution in [1.82, 2.24) is 9.97 Å². The molecule has 0 amide bonds. The molecule has 1 aromatic heterocycles. The lowest BCUT2D eigenvalue weighted by Gasteiger charge is -2.12. The summed E-state index contributed by atoms with van der Waals surface area (Å²) >= 11 is 6.01. The summed E-state index contributed by atoms with van der Waals surface area (Å²) in [5.74, 6) is 0.847. The van der Waals surface area contributed by atoms with E-state index in [0.717, 1.165) is 46.9 Å². The third kappa shape index (κ3) is 3.00. The molecule has 2 aromatic rings. The summed E-state index contributed by atoms with van der Waals surface area (Å²) in [6.07, 6.45) is 6.99. The summed E-state index contributed by atoms with van der Waals surface area (Å²) in [5.41, 5.74) is 9.56. The van der Waals surface area contributed by atoms with Crippen molar-refractivity contribution in [2.24, 2.45) is 5.73 Å². The third-order valence-electron chi connectivity index (χ3n) is 3.78. The molecule has 2 N–H and O–H groups in total. The summed E-state index contributed by atoms with van der Waals surface area (Å²) in [5, 5.41) is 0.749. The predicted octanol–water partition coefficient (Wildman–Crippen LogP) is 3.45. The largest absolute Gasteiger partial charge is 0.324 e. The molecule has 0 bridgehead atoms. The first-order chi connectivity index (χ1) is 9.72. The maximum atomic E-state index is 6.17. The van der Waals surface area contributed by atoms with Crippen molar-refractivity contribution < 1.29 is 0 Å². The van der Waals surface area contributed by atoms with Gasteiger partial charge in [0.1, 0.15) is 5.82 Å². The minimum atomic E-state index is 0.0905. The molecule has 3 rings (SSSR count). The summed E-state index contributed by atoms with van der Waals surface area (Å²) in [6.45, 7) is 0. The molecule has 104 valence electrons. The number of benzene rings is 1.